The summed E-state index contributed by atoms with van der Waals surface area (Å²) in [6.07, 6.45) is 3.21. The van der Waals surface area contributed by atoms with Crippen LogP contribution < -0.4 is 4.90 Å². The first kappa shape index (κ1) is 17.5. The van der Waals surface area contributed by atoms with Crippen molar-refractivity contribution in [1.82, 2.24) is 0 Å². The highest BCUT2D eigenvalue weighted by Crippen LogP contribution is 2.33. The Bertz CT molecular complexity index is 545. The zero-order valence-electron chi connectivity index (χ0n) is 14.4. The highest BCUT2D eigenvalue weighted by molar-refractivity contribution is 9.09. The maximum atomic E-state index is 12.5. The van der Waals surface area contributed by atoms with Gasteiger partial charge in [-0.3, -0.25) is 4.79 Å². The summed E-state index contributed by atoms with van der Waals surface area (Å²) in [5.74, 6) is 0.927. The maximum Gasteiger partial charge on any atom is 0.232 e. The number of rotatable bonds is 4. The van der Waals surface area contributed by atoms with Gasteiger partial charge < -0.3 is 4.90 Å². The van der Waals surface area contributed by atoms with Crippen molar-refractivity contribution >= 4 is 27.5 Å². The molecule has 0 fully saturated rings. The third-order valence-electron chi connectivity index (χ3n) is 4.11. The van der Waals surface area contributed by atoms with Crippen LogP contribution in [0.4, 0.5) is 5.69 Å². The molecule has 22 heavy (non-hydrogen) atoms. The first-order valence-corrected chi connectivity index (χ1v) is 9.18. The lowest BCUT2D eigenvalue weighted by Crippen LogP contribution is -2.38. The fraction of sp³-hybridized carbons (Fsp3) is 0.632. The molecular formula is C19H28BrNO. The first-order chi connectivity index (χ1) is 10.2. The lowest BCUT2D eigenvalue weighted by molar-refractivity contribution is -0.125. The molecule has 3 heteroatoms. The van der Waals surface area contributed by atoms with Crippen LogP contribution in [-0.2, 0) is 17.6 Å². The standard InChI is InChI=1S/C19H28BrNO/c1-13(2)10-16(20)12-14-6-7-17-15(11-14)8-9-21(17)18(22)19(3,4)5/h6-7,11,13,16H,8-10,12H2,1-5H3. The summed E-state index contributed by atoms with van der Waals surface area (Å²) < 4.78 is 0. The number of amides is 1. The molecule has 0 radical (unpaired) electrons. The van der Waals surface area contributed by atoms with Gasteiger partial charge in [-0.15, -0.1) is 0 Å². The Labute approximate surface area is 143 Å². The smallest absolute Gasteiger partial charge is 0.232 e. The van der Waals surface area contributed by atoms with Gasteiger partial charge in [-0.25, -0.2) is 0 Å². The highest BCUT2D eigenvalue weighted by Gasteiger charge is 2.32. The van der Waals surface area contributed by atoms with Crippen molar-refractivity contribution in [2.75, 3.05) is 11.4 Å². The Hall–Kier alpha value is -0.830. The number of hydrogen-bond donors (Lipinski definition) is 0. The zero-order chi connectivity index (χ0) is 16.5. The van der Waals surface area contributed by atoms with E-state index in [2.05, 4.69) is 48.0 Å². The van der Waals surface area contributed by atoms with Gasteiger partial charge in [0.25, 0.3) is 0 Å². The first-order valence-electron chi connectivity index (χ1n) is 8.26. The van der Waals surface area contributed by atoms with Crippen molar-refractivity contribution in [2.24, 2.45) is 11.3 Å². The number of alkyl halides is 1. The van der Waals surface area contributed by atoms with Crippen LogP contribution in [0.2, 0.25) is 0 Å². The molecule has 0 saturated carbocycles. The van der Waals surface area contributed by atoms with E-state index in [1.807, 2.05) is 25.7 Å². The van der Waals surface area contributed by atoms with Gasteiger partial charge in [0.1, 0.15) is 0 Å². The van der Waals surface area contributed by atoms with Gasteiger partial charge in [-0.05, 0) is 42.4 Å². The average molecular weight is 366 g/mol. The summed E-state index contributed by atoms with van der Waals surface area (Å²) in [5, 5.41) is 0. The molecule has 1 aliphatic rings. The number of anilines is 1. The molecule has 2 nitrogen and oxygen atoms in total. The lowest BCUT2D eigenvalue weighted by atomic mass is 9.94. The van der Waals surface area contributed by atoms with Gasteiger partial charge in [0, 0.05) is 22.5 Å². The number of halogens is 1. The van der Waals surface area contributed by atoms with E-state index in [0.717, 1.165) is 25.1 Å². The Morgan fingerprint density at radius 2 is 2.00 bits per heavy atom. The minimum atomic E-state index is -0.321. The Kier molecular flexibility index (Phi) is 5.37. The van der Waals surface area contributed by atoms with E-state index in [9.17, 15) is 4.79 Å². The number of benzene rings is 1. The molecule has 1 unspecified atom stereocenters. The second kappa shape index (κ2) is 6.74. The van der Waals surface area contributed by atoms with E-state index < -0.39 is 0 Å². The predicted molar refractivity (Wildman–Crippen MR) is 97.8 cm³/mol. The molecule has 0 bridgehead atoms. The van der Waals surface area contributed by atoms with E-state index in [1.165, 1.54) is 17.5 Å². The normalized spacial score (nSPS) is 16.0. The molecule has 0 saturated heterocycles. The van der Waals surface area contributed by atoms with Gasteiger partial charge >= 0.3 is 0 Å². The van der Waals surface area contributed by atoms with Gasteiger partial charge in [0.05, 0.1) is 0 Å². The summed E-state index contributed by atoms with van der Waals surface area (Å²) in [6.45, 7) is 11.3. The van der Waals surface area contributed by atoms with Crippen molar-refractivity contribution in [3.63, 3.8) is 0 Å². The van der Waals surface area contributed by atoms with E-state index in [4.69, 9.17) is 0 Å². The molecule has 1 aromatic carbocycles. The SMILES string of the molecule is CC(C)CC(Br)Cc1ccc2c(c1)CCN2C(=O)C(C)(C)C. The second-order valence-electron chi connectivity index (χ2n) is 7.85. The number of hydrogen-bond acceptors (Lipinski definition) is 1. The topological polar surface area (TPSA) is 20.3 Å². The molecule has 1 aromatic rings. The van der Waals surface area contributed by atoms with Crippen LogP contribution in [0, 0.1) is 11.3 Å². The molecule has 1 heterocycles. The molecule has 1 aliphatic heterocycles. The van der Waals surface area contributed by atoms with Crippen LogP contribution in [0.1, 0.15) is 52.2 Å². The number of fused-ring (bicyclic) bond motifs is 1. The molecule has 0 N–H and O–H groups in total. The highest BCUT2D eigenvalue weighted by atomic mass is 79.9. The van der Waals surface area contributed by atoms with Crippen molar-refractivity contribution in [2.45, 2.75) is 58.7 Å². The Morgan fingerprint density at radius 1 is 1.32 bits per heavy atom. The summed E-state index contributed by atoms with van der Waals surface area (Å²) in [4.78, 5) is 15.0. The van der Waals surface area contributed by atoms with Gasteiger partial charge in [-0.2, -0.15) is 0 Å². The van der Waals surface area contributed by atoms with Crippen LogP contribution in [0.25, 0.3) is 0 Å². The lowest BCUT2D eigenvalue weighted by Gasteiger charge is -2.26. The quantitative estimate of drug-likeness (QED) is 0.689. The summed E-state index contributed by atoms with van der Waals surface area (Å²) >= 11 is 3.79. The summed E-state index contributed by atoms with van der Waals surface area (Å²) in [6, 6.07) is 6.61. The third-order valence-corrected chi connectivity index (χ3v) is 4.81. The van der Waals surface area contributed by atoms with Crippen LogP contribution in [0.15, 0.2) is 18.2 Å². The van der Waals surface area contributed by atoms with E-state index >= 15 is 0 Å². The van der Waals surface area contributed by atoms with Gasteiger partial charge in [0.15, 0.2) is 0 Å². The molecule has 1 amide bonds. The molecule has 0 aromatic heterocycles. The minimum Gasteiger partial charge on any atom is -0.311 e. The van der Waals surface area contributed by atoms with E-state index in [-0.39, 0.29) is 11.3 Å². The zero-order valence-corrected chi connectivity index (χ0v) is 16.0. The van der Waals surface area contributed by atoms with Crippen molar-refractivity contribution in [3.05, 3.63) is 29.3 Å². The molecular weight excluding hydrogens is 338 g/mol. The fourth-order valence-electron chi connectivity index (χ4n) is 3.05. The van der Waals surface area contributed by atoms with Gasteiger partial charge in [0.2, 0.25) is 5.91 Å². The molecule has 0 spiro atoms. The molecule has 2 rings (SSSR count). The maximum absolute atomic E-state index is 12.5. The fourth-order valence-corrected chi connectivity index (χ4v) is 4.17. The van der Waals surface area contributed by atoms with Crippen LogP contribution in [0.5, 0.6) is 0 Å². The van der Waals surface area contributed by atoms with Gasteiger partial charge in [-0.1, -0.05) is 62.7 Å². The molecule has 122 valence electrons. The Morgan fingerprint density at radius 3 is 2.59 bits per heavy atom. The second-order valence-corrected chi connectivity index (χ2v) is 9.15. The van der Waals surface area contributed by atoms with Crippen molar-refractivity contribution in [1.29, 1.82) is 0 Å². The van der Waals surface area contributed by atoms with Crippen LogP contribution in [-0.4, -0.2) is 17.3 Å². The molecule has 1 atom stereocenters. The monoisotopic (exact) mass is 365 g/mol. The number of carbonyl (C=O) groups is 1. The summed E-state index contributed by atoms with van der Waals surface area (Å²) in [5.41, 5.74) is 3.47. The largest absolute Gasteiger partial charge is 0.311 e. The van der Waals surface area contributed by atoms with Crippen molar-refractivity contribution < 1.29 is 4.79 Å². The average Bonchev–Trinajstić information content (AvgIpc) is 2.78. The summed E-state index contributed by atoms with van der Waals surface area (Å²) in [7, 11) is 0. The minimum absolute atomic E-state index is 0.220. The third kappa shape index (κ3) is 4.13. The van der Waals surface area contributed by atoms with E-state index in [0.29, 0.717) is 10.7 Å². The molecule has 0 aliphatic carbocycles. The Balaban J connectivity index is 2.12. The number of nitrogens with zero attached hydrogens (tertiary/aromatic N) is 1. The van der Waals surface area contributed by atoms with Crippen LogP contribution in [0.3, 0.4) is 0 Å². The van der Waals surface area contributed by atoms with Crippen LogP contribution >= 0.6 is 15.9 Å². The van der Waals surface area contributed by atoms with Crippen molar-refractivity contribution in [3.8, 4) is 0 Å². The predicted octanol–water partition coefficient (Wildman–Crippen LogP) is 4.97. The number of carbonyl (C=O) groups excluding carboxylic acids is 1. The van der Waals surface area contributed by atoms with E-state index in [1.54, 1.807) is 0 Å².